The predicted molar refractivity (Wildman–Crippen MR) is 90.9 cm³/mol. The highest BCUT2D eigenvalue weighted by Gasteiger charge is 2.23. The standard InChI is InChI=1S/C17H39N3/c1-13(2)18(11-19(14(3)4)15(5)6)12-20(16(7)8)17(9)10/h13-17H,11-12H2,1-10H3. The van der Waals surface area contributed by atoms with Crippen molar-refractivity contribution in [1.29, 1.82) is 0 Å². The van der Waals surface area contributed by atoms with Gasteiger partial charge < -0.3 is 0 Å². The van der Waals surface area contributed by atoms with Crippen LogP contribution in [0.25, 0.3) is 0 Å². The van der Waals surface area contributed by atoms with Crippen LogP contribution in [0.2, 0.25) is 0 Å². The molecule has 122 valence electrons. The van der Waals surface area contributed by atoms with E-state index in [0.717, 1.165) is 13.3 Å². The average Bonchev–Trinajstić information content (AvgIpc) is 2.26. The van der Waals surface area contributed by atoms with Crippen molar-refractivity contribution in [1.82, 2.24) is 14.7 Å². The van der Waals surface area contributed by atoms with Crippen LogP contribution in [0.15, 0.2) is 0 Å². The summed E-state index contributed by atoms with van der Waals surface area (Å²) in [6.45, 7) is 25.0. The van der Waals surface area contributed by atoms with E-state index in [9.17, 15) is 0 Å². The third kappa shape index (κ3) is 6.55. The maximum absolute atomic E-state index is 2.58. The van der Waals surface area contributed by atoms with Gasteiger partial charge in [0, 0.05) is 30.2 Å². The Morgan fingerprint density at radius 1 is 0.450 bits per heavy atom. The molecule has 0 aromatic rings. The second-order valence-electron chi connectivity index (χ2n) is 7.37. The van der Waals surface area contributed by atoms with Gasteiger partial charge in [0.05, 0.1) is 13.3 Å². The van der Waals surface area contributed by atoms with Crippen LogP contribution in [0.4, 0.5) is 0 Å². The molecule has 0 atom stereocenters. The highest BCUT2D eigenvalue weighted by atomic mass is 15.4. The summed E-state index contributed by atoms with van der Waals surface area (Å²) in [7, 11) is 0. The third-order valence-corrected chi connectivity index (χ3v) is 4.07. The lowest BCUT2D eigenvalue weighted by Gasteiger charge is -2.42. The first-order chi connectivity index (χ1) is 9.07. The van der Waals surface area contributed by atoms with Crippen LogP contribution >= 0.6 is 0 Å². The predicted octanol–water partition coefficient (Wildman–Crippen LogP) is 3.85. The summed E-state index contributed by atoms with van der Waals surface area (Å²) in [4.78, 5) is 7.72. The van der Waals surface area contributed by atoms with Crippen molar-refractivity contribution in [3.63, 3.8) is 0 Å². The van der Waals surface area contributed by atoms with Crippen molar-refractivity contribution in [2.45, 2.75) is 99.4 Å². The van der Waals surface area contributed by atoms with Crippen LogP contribution in [-0.2, 0) is 0 Å². The number of nitrogens with zero attached hydrogens (tertiary/aromatic N) is 3. The van der Waals surface area contributed by atoms with E-state index in [-0.39, 0.29) is 0 Å². The summed E-state index contributed by atoms with van der Waals surface area (Å²) in [5, 5.41) is 0. The molecule has 0 unspecified atom stereocenters. The average molecular weight is 286 g/mol. The fraction of sp³-hybridized carbons (Fsp3) is 1.00. The van der Waals surface area contributed by atoms with Crippen molar-refractivity contribution in [3.8, 4) is 0 Å². The van der Waals surface area contributed by atoms with E-state index >= 15 is 0 Å². The Labute approximate surface area is 128 Å². The van der Waals surface area contributed by atoms with Gasteiger partial charge in [0.1, 0.15) is 0 Å². The molecule has 0 radical (unpaired) electrons. The van der Waals surface area contributed by atoms with E-state index < -0.39 is 0 Å². The monoisotopic (exact) mass is 285 g/mol. The highest BCUT2D eigenvalue weighted by Crippen LogP contribution is 2.13. The summed E-state index contributed by atoms with van der Waals surface area (Å²) in [6.07, 6.45) is 0. The molecule has 0 heterocycles. The lowest BCUT2D eigenvalue weighted by atomic mass is 10.2. The maximum Gasteiger partial charge on any atom is 0.0525 e. The molecule has 0 bridgehead atoms. The van der Waals surface area contributed by atoms with E-state index in [1.807, 2.05) is 0 Å². The summed E-state index contributed by atoms with van der Waals surface area (Å²) < 4.78 is 0. The third-order valence-electron chi connectivity index (χ3n) is 4.07. The first-order valence-corrected chi connectivity index (χ1v) is 8.33. The lowest BCUT2D eigenvalue weighted by molar-refractivity contribution is 0.000523. The molecule has 3 nitrogen and oxygen atoms in total. The molecule has 0 amide bonds. The SMILES string of the molecule is CC(C)N(CN(C(C)C)C(C)C)CN(C(C)C)C(C)C. The number of hydrogen-bond acceptors (Lipinski definition) is 3. The summed E-state index contributed by atoms with van der Waals surface area (Å²) in [5.74, 6) is 0. The molecular formula is C17H39N3. The molecular weight excluding hydrogens is 246 g/mol. The second kappa shape index (κ2) is 9.01. The Morgan fingerprint density at radius 2 is 0.700 bits per heavy atom. The minimum Gasteiger partial charge on any atom is -0.286 e. The molecule has 20 heavy (non-hydrogen) atoms. The van der Waals surface area contributed by atoms with Crippen LogP contribution in [0, 0.1) is 0 Å². The topological polar surface area (TPSA) is 9.72 Å². The zero-order valence-electron chi connectivity index (χ0n) is 15.6. The van der Waals surface area contributed by atoms with E-state index in [1.54, 1.807) is 0 Å². The first-order valence-electron chi connectivity index (χ1n) is 8.33. The zero-order chi connectivity index (χ0) is 16.0. The van der Waals surface area contributed by atoms with Gasteiger partial charge in [-0.25, -0.2) is 0 Å². The van der Waals surface area contributed by atoms with Crippen molar-refractivity contribution < 1.29 is 0 Å². The molecule has 0 aliphatic heterocycles. The Kier molecular flexibility index (Phi) is 8.96. The van der Waals surface area contributed by atoms with E-state index in [4.69, 9.17) is 0 Å². The lowest BCUT2D eigenvalue weighted by Crippen LogP contribution is -2.53. The van der Waals surface area contributed by atoms with Crippen LogP contribution in [0.3, 0.4) is 0 Å². The quantitative estimate of drug-likeness (QED) is 0.596. The molecule has 0 aromatic heterocycles. The number of rotatable bonds is 9. The zero-order valence-corrected chi connectivity index (χ0v) is 15.6. The van der Waals surface area contributed by atoms with Crippen molar-refractivity contribution >= 4 is 0 Å². The van der Waals surface area contributed by atoms with Crippen LogP contribution in [0.5, 0.6) is 0 Å². The summed E-state index contributed by atoms with van der Waals surface area (Å²) in [5.41, 5.74) is 0. The fourth-order valence-corrected chi connectivity index (χ4v) is 2.64. The van der Waals surface area contributed by atoms with Crippen LogP contribution in [0.1, 0.15) is 69.2 Å². The van der Waals surface area contributed by atoms with Gasteiger partial charge in [0.2, 0.25) is 0 Å². The van der Waals surface area contributed by atoms with Crippen molar-refractivity contribution in [2.24, 2.45) is 0 Å². The normalized spacial score (nSPS) is 13.5. The van der Waals surface area contributed by atoms with Crippen LogP contribution < -0.4 is 0 Å². The molecule has 0 saturated heterocycles. The smallest absolute Gasteiger partial charge is 0.0525 e. The molecule has 0 aromatic carbocycles. The van der Waals surface area contributed by atoms with Crippen molar-refractivity contribution in [3.05, 3.63) is 0 Å². The molecule has 0 fully saturated rings. The first kappa shape index (κ1) is 19.9. The van der Waals surface area contributed by atoms with Gasteiger partial charge in [-0.2, -0.15) is 0 Å². The second-order valence-corrected chi connectivity index (χ2v) is 7.37. The van der Waals surface area contributed by atoms with E-state index in [2.05, 4.69) is 83.9 Å². The summed E-state index contributed by atoms with van der Waals surface area (Å²) in [6, 6.07) is 2.91. The number of hydrogen-bond donors (Lipinski definition) is 0. The maximum atomic E-state index is 2.58. The molecule has 0 aliphatic rings. The van der Waals surface area contributed by atoms with Gasteiger partial charge in [0.15, 0.2) is 0 Å². The Balaban J connectivity index is 4.88. The molecule has 0 saturated carbocycles. The minimum absolute atomic E-state index is 0.565. The van der Waals surface area contributed by atoms with Gasteiger partial charge in [-0.15, -0.1) is 0 Å². The van der Waals surface area contributed by atoms with Gasteiger partial charge in [-0.1, -0.05) is 0 Å². The Bertz CT molecular complexity index is 209. The van der Waals surface area contributed by atoms with Gasteiger partial charge >= 0.3 is 0 Å². The highest BCUT2D eigenvalue weighted by molar-refractivity contribution is 4.74. The van der Waals surface area contributed by atoms with E-state index in [0.29, 0.717) is 30.2 Å². The molecule has 3 heteroatoms. The minimum atomic E-state index is 0.565. The van der Waals surface area contributed by atoms with Gasteiger partial charge in [-0.05, 0) is 69.2 Å². The fourth-order valence-electron chi connectivity index (χ4n) is 2.64. The van der Waals surface area contributed by atoms with Gasteiger partial charge in [-0.3, -0.25) is 14.7 Å². The van der Waals surface area contributed by atoms with Crippen molar-refractivity contribution in [2.75, 3.05) is 13.3 Å². The Morgan fingerprint density at radius 3 is 0.850 bits per heavy atom. The molecule has 0 N–H and O–H groups in total. The van der Waals surface area contributed by atoms with E-state index in [1.165, 1.54) is 0 Å². The summed E-state index contributed by atoms with van der Waals surface area (Å²) >= 11 is 0. The van der Waals surface area contributed by atoms with Crippen LogP contribution in [-0.4, -0.2) is 58.2 Å². The largest absolute Gasteiger partial charge is 0.286 e. The van der Waals surface area contributed by atoms with Gasteiger partial charge in [0.25, 0.3) is 0 Å². The molecule has 0 aliphatic carbocycles. The Hall–Kier alpha value is -0.120. The molecule has 0 spiro atoms. The molecule has 0 rings (SSSR count).